The monoisotopic (exact) mass is 146 g/mol. The van der Waals surface area contributed by atoms with Gasteiger partial charge in [0.1, 0.15) is 5.60 Å². The van der Waals surface area contributed by atoms with Crippen molar-refractivity contribution in [1.29, 1.82) is 0 Å². The molecule has 0 aromatic carbocycles. The Morgan fingerprint density at radius 3 is 2.20 bits per heavy atom. The first-order valence-corrected chi connectivity index (χ1v) is 3.31. The molecule has 0 spiro atoms. The average Bonchev–Trinajstić information content (AvgIpc) is 1.59. The normalized spacial score (nSPS) is 10.8. The molecule has 3 heteroatoms. The first-order valence-electron chi connectivity index (χ1n) is 3.31. The average molecular weight is 146 g/mol. The molecular formula is C7H14O3. The van der Waals surface area contributed by atoms with Gasteiger partial charge in [-0.2, -0.15) is 0 Å². The van der Waals surface area contributed by atoms with Crippen molar-refractivity contribution in [1.82, 2.24) is 0 Å². The molecule has 0 aromatic heterocycles. The van der Waals surface area contributed by atoms with Crippen LogP contribution in [0.3, 0.4) is 0 Å². The first kappa shape index (κ1) is 9.27. The molecule has 0 aromatic rings. The van der Waals surface area contributed by atoms with E-state index in [0.29, 0.717) is 6.61 Å². The van der Waals surface area contributed by atoms with Crippen LogP contribution in [0.1, 0.15) is 27.7 Å². The van der Waals surface area contributed by atoms with Crippen molar-refractivity contribution in [3.8, 4) is 0 Å². The molecule has 0 amide bonds. The molecule has 0 heterocycles. The second-order valence-corrected chi connectivity index (χ2v) is 2.90. The molecule has 0 radical (unpaired) electrons. The zero-order chi connectivity index (χ0) is 8.20. The van der Waals surface area contributed by atoms with E-state index in [1.54, 1.807) is 27.7 Å². The number of hydrogen-bond donors (Lipinski definition) is 0. The van der Waals surface area contributed by atoms with Crippen LogP contribution in [0, 0.1) is 0 Å². The van der Waals surface area contributed by atoms with Crippen molar-refractivity contribution in [2.75, 3.05) is 6.61 Å². The van der Waals surface area contributed by atoms with Gasteiger partial charge in [-0.15, -0.1) is 0 Å². The van der Waals surface area contributed by atoms with Gasteiger partial charge in [0.2, 0.25) is 0 Å². The van der Waals surface area contributed by atoms with Crippen molar-refractivity contribution < 1.29 is 14.3 Å². The fraction of sp³-hybridized carbons (Fsp3) is 0.857. The van der Waals surface area contributed by atoms with E-state index >= 15 is 0 Å². The van der Waals surface area contributed by atoms with E-state index in [0.717, 1.165) is 0 Å². The van der Waals surface area contributed by atoms with Gasteiger partial charge >= 0.3 is 6.16 Å². The largest absolute Gasteiger partial charge is 0.508 e. The lowest BCUT2D eigenvalue weighted by molar-refractivity contribution is -0.00489. The van der Waals surface area contributed by atoms with E-state index < -0.39 is 11.8 Å². The summed E-state index contributed by atoms with van der Waals surface area (Å²) in [6.45, 7) is 7.48. The fourth-order valence-electron chi connectivity index (χ4n) is 0.397. The van der Waals surface area contributed by atoms with Gasteiger partial charge in [0, 0.05) is 0 Å². The Labute approximate surface area is 61.3 Å². The molecule has 0 atom stereocenters. The van der Waals surface area contributed by atoms with Crippen LogP contribution in [-0.4, -0.2) is 18.4 Å². The van der Waals surface area contributed by atoms with Gasteiger partial charge in [-0.1, -0.05) is 0 Å². The van der Waals surface area contributed by atoms with Crippen LogP contribution < -0.4 is 0 Å². The lowest BCUT2D eigenvalue weighted by atomic mass is 10.2. The standard InChI is InChI=1S/C7H14O3/c1-5-9-6(8)10-7(2,3)4/h5H2,1-4H3. The zero-order valence-corrected chi connectivity index (χ0v) is 6.93. The summed E-state index contributed by atoms with van der Waals surface area (Å²) in [4.78, 5) is 10.6. The first-order chi connectivity index (χ1) is 4.45. The van der Waals surface area contributed by atoms with Gasteiger partial charge < -0.3 is 9.47 Å². The van der Waals surface area contributed by atoms with Gasteiger partial charge in [-0.3, -0.25) is 0 Å². The van der Waals surface area contributed by atoms with Crippen LogP contribution in [-0.2, 0) is 9.47 Å². The van der Waals surface area contributed by atoms with Gasteiger partial charge in [0.05, 0.1) is 6.61 Å². The summed E-state index contributed by atoms with van der Waals surface area (Å²) in [5.74, 6) is 0. The SMILES string of the molecule is CCOC(=O)OC(C)(C)C. The molecule has 0 bridgehead atoms. The molecule has 0 aliphatic rings. The van der Waals surface area contributed by atoms with Crippen LogP contribution in [0.4, 0.5) is 4.79 Å². The molecule has 3 nitrogen and oxygen atoms in total. The minimum absolute atomic E-state index is 0.356. The smallest absolute Gasteiger partial charge is 0.435 e. The quantitative estimate of drug-likeness (QED) is 0.530. The lowest BCUT2D eigenvalue weighted by Crippen LogP contribution is -2.24. The van der Waals surface area contributed by atoms with Crippen molar-refractivity contribution in [2.45, 2.75) is 33.3 Å². The molecule has 0 aliphatic carbocycles. The predicted molar refractivity (Wildman–Crippen MR) is 37.9 cm³/mol. The molecule has 0 saturated heterocycles. The minimum atomic E-state index is -0.602. The van der Waals surface area contributed by atoms with E-state index in [1.807, 2.05) is 0 Å². The maximum absolute atomic E-state index is 10.6. The van der Waals surface area contributed by atoms with Gasteiger partial charge in [0.15, 0.2) is 0 Å². The van der Waals surface area contributed by atoms with E-state index in [-0.39, 0.29) is 0 Å². The van der Waals surface area contributed by atoms with E-state index in [4.69, 9.17) is 4.74 Å². The van der Waals surface area contributed by atoms with E-state index in [2.05, 4.69) is 4.74 Å². The second kappa shape index (κ2) is 3.44. The summed E-state index contributed by atoms with van der Waals surface area (Å²) < 4.78 is 9.37. The lowest BCUT2D eigenvalue weighted by Gasteiger charge is -2.18. The number of ether oxygens (including phenoxy) is 2. The third-order valence-electron chi connectivity index (χ3n) is 0.652. The summed E-state index contributed by atoms with van der Waals surface area (Å²) in [5.41, 5.74) is -0.452. The maximum atomic E-state index is 10.6. The summed E-state index contributed by atoms with van der Waals surface area (Å²) in [5, 5.41) is 0. The molecular weight excluding hydrogens is 132 g/mol. The van der Waals surface area contributed by atoms with Crippen LogP contribution in [0.25, 0.3) is 0 Å². The highest BCUT2D eigenvalue weighted by molar-refractivity contribution is 5.60. The summed E-state index contributed by atoms with van der Waals surface area (Å²) in [6, 6.07) is 0. The summed E-state index contributed by atoms with van der Waals surface area (Å²) in [7, 11) is 0. The second-order valence-electron chi connectivity index (χ2n) is 2.90. The molecule has 0 saturated carbocycles. The Morgan fingerprint density at radius 2 is 1.90 bits per heavy atom. The van der Waals surface area contributed by atoms with Crippen LogP contribution in [0.15, 0.2) is 0 Å². The summed E-state index contributed by atoms with van der Waals surface area (Å²) in [6.07, 6.45) is -0.602. The zero-order valence-electron chi connectivity index (χ0n) is 6.93. The highest BCUT2D eigenvalue weighted by atomic mass is 16.7. The van der Waals surface area contributed by atoms with Crippen LogP contribution in [0.2, 0.25) is 0 Å². The molecule has 0 aliphatic heterocycles. The van der Waals surface area contributed by atoms with Gasteiger partial charge in [0.25, 0.3) is 0 Å². The van der Waals surface area contributed by atoms with Crippen LogP contribution in [0.5, 0.6) is 0 Å². The molecule has 0 fully saturated rings. The highest BCUT2D eigenvalue weighted by Gasteiger charge is 2.16. The molecule has 0 N–H and O–H groups in total. The Kier molecular flexibility index (Phi) is 3.19. The maximum Gasteiger partial charge on any atom is 0.508 e. The molecule has 60 valence electrons. The molecule has 0 rings (SSSR count). The Morgan fingerprint density at radius 1 is 1.40 bits per heavy atom. The van der Waals surface area contributed by atoms with Crippen LogP contribution >= 0.6 is 0 Å². The number of rotatable bonds is 1. The van der Waals surface area contributed by atoms with E-state index in [9.17, 15) is 4.79 Å². The third-order valence-corrected chi connectivity index (χ3v) is 0.652. The highest BCUT2D eigenvalue weighted by Crippen LogP contribution is 2.07. The van der Waals surface area contributed by atoms with Crippen molar-refractivity contribution in [3.05, 3.63) is 0 Å². The molecule has 10 heavy (non-hydrogen) atoms. The Balaban J connectivity index is 3.58. The Bertz CT molecular complexity index is 113. The number of carbonyl (C=O) groups is 1. The summed E-state index contributed by atoms with van der Waals surface area (Å²) >= 11 is 0. The number of hydrogen-bond acceptors (Lipinski definition) is 3. The van der Waals surface area contributed by atoms with E-state index in [1.165, 1.54) is 0 Å². The molecule has 0 unspecified atom stereocenters. The van der Waals surface area contributed by atoms with Crippen molar-refractivity contribution >= 4 is 6.16 Å². The van der Waals surface area contributed by atoms with Crippen molar-refractivity contribution in [2.24, 2.45) is 0 Å². The fourth-order valence-corrected chi connectivity index (χ4v) is 0.397. The van der Waals surface area contributed by atoms with Gasteiger partial charge in [-0.25, -0.2) is 4.79 Å². The third kappa shape index (κ3) is 5.41. The van der Waals surface area contributed by atoms with Crippen molar-refractivity contribution in [3.63, 3.8) is 0 Å². The van der Waals surface area contributed by atoms with Gasteiger partial charge in [-0.05, 0) is 27.7 Å². The topological polar surface area (TPSA) is 35.5 Å². The number of carbonyl (C=O) groups excluding carboxylic acids is 1. The Hall–Kier alpha value is -0.730. The predicted octanol–water partition coefficient (Wildman–Crippen LogP) is 1.96. The minimum Gasteiger partial charge on any atom is -0.435 e.